The first-order valence-electron chi connectivity index (χ1n) is 6.86. The fraction of sp³-hybridized carbons (Fsp3) is 0.692. The van der Waals surface area contributed by atoms with Crippen LogP contribution in [0.15, 0.2) is 20.0 Å². The third kappa shape index (κ3) is 4.04. The minimum atomic E-state index is -3.64. The van der Waals surface area contributed by atoms with Crippen molar-refractivity contribution in [3.05, 3.63) is 16.5 Å². The second-order valence-electron chi connectivity index (χ2n) is 5.28. The molecule has 1 aliphatic rings. The predicted octanol–water partition coefficient (Wildman–Crippen LogP) is 2.88. The highest BCUT2D eigenvalue weighted by atomic mass is 79.9. The minimum Gasteiger partial charge on any atom is -0.450 e. The maximum atomic E-state index is 12.4. The molecule has 1 heterocycles. The molecule has 1 aromatic rings. The van der Waals surface area contributed by atoms with Gasteiger partial charge in [0.1, 0.15) is 17.3 Å². The quantitative estimate of drug-likeness (QED) is 0.771. The highest BCUT2D eigenvalue weighted by Gasteiger charge is 2.33. The number of hydrogen-bond donors (Lipinski definition) is 2. The second kappa shape index (κ2) is 7.04. The minimum absolute atomic E-state index is 0.0126. The molecule has 5 nitrogen and oxygen atoms in total. The van der Waals surface area contributed by atoms with Gasteiger partial charge in [-0.15, -0.1) is 0 Å². The Labute approximate surface area is 138 Å². The van der Waals surface area contributed by atoms with Crippen molar-refractivity contribution >= 4 is 37.7 Å². The summed E-state index contributed by atoms with van der Waals surface area (Å²) in [5, 5.41) is 9.02. The first-order valence-corrected chi connectivity index (χ1v) is 10.4. The van der Waals surface area contributed by atoms with Crippen LogP contribution in [0, 0.1) is 0 Å². The van der Waals surface area contributed by atoms with E-state index in [1.165, 1.54) is 12.5 Å². The Hall–Kier alpha value is -0.0200. The van der Waals surface area contributed by atoms with E-state index in [4.69, 9.17) is 9.52 Å². The van der Waals surface area contributed by atoms with Gasteiger partial charge in [-0.3, -0.25) is 0 Å². The molecule has 1 aliphatic carbocycles. The van der Waals surface area contributed by atoms with Crippen LogP contribution in [0.25, 0.3) is 0 Å². The van der Waals surface area contributed by atoms with Crippen molar-refractivity contribution in [3.63, 3.8) is 0 Å². The summed E-state index contributed by atoms with van der Waals surface area (Å²) >= 11 is 4.83. The average Bonchev–Trinajstić information content (AvgIpc) is 2.88. The van der Waals surface area contributed by atoms with E-state index in [0.29, 0.717) is 6.54 Å². The summed E-state index contributed by atoms with van der Waals surface area (Å²) in [5.41, 5.74) is 0. The molecule has 1 saturated carbocycles. The number of hydrogen-bond acceptors (Lipinski definition) is 5. The van der Waals surface area contributed by atoms with Crippen molar-refractivity contribution in [2.75, 3.05) is 12.8 Å². The van der Waals surface area contributed by atoms with Crippen molar-refractivity contribution in [2.45, 2.75) is 48.4 Å². The molecule has 1 aromatic heterocycles. The Bertz CT molecular complexity index is 579. The van der Waals surface area contributed by atoms with Gasteiger partial charge in [-0.25, -0.2) is 13.1 Å². The Morgan fingerprint density at radius 1 is 1.43 bits per heavy atom. The smallest absolute Gasteiger partial charge is 0.245 e. The number of aliphatic hydroxyl groups excluding tert-OH is 1. The third-order valence-electron chi connectivity index (χ3n) is 3.93. The van der Waals surface area contributed by atoms with E-state index in [1.807, 2.05) is 6.26 Å². The number of halogens is 1. The van der Waals surface area contributed by atoms with Crippen molar-refractivity contribution in [1.29, 1.82) is 0 Å². The van der Waals surface area contributed by atoms with Crippen molar-refractivity contribution in [1.82, 2.24) is 4.72 Å². The molecule has 120 valence electrons. The largest absolute Gasteiger partial charge is 0.450 e. The normalized spacial score (nSPS) is 18.8. The lowest BCUT2D eigenvalue weighted by Gasteiger charge is -2.35. The van der Waals surface area contributed by atoms with Crippen LogP contribution in [0.1, 0.15) is 37.9 Å². The summed E-state index contributed by atoms with van der Waals surface area (Å²) in [6.07, 6.45) is 7.62. The fourth-order valence-corrected chi connectivity index (χ4v) is 5.74. The monoisotopic (exact) mass is 397 g/mol. The molecule has 0 unspecified atom stereocenters. The molecule has 0 bridgehead atoms. The molecule has 2 N–H and O–H groups in total. The standard InChI is InChI=1S/C13H20BrNO4S2/c1-20-13(5-3-2-4-6-13)9-15-21(17,18)11-7-10(8-16)19-12(11)14/h7,15-16H,2-6,8-9H2,1H3. The molecule has 21 heavy (non-hydrogen) atoms. The number of furan rings is 1. The maximum absolute atomic E-state index is 12.4. The number of rotatable bonds is 6. The van der Waals surface area contributed by atoms with Crippen molar-refractivity contribution < 1.29 is 17.9 Å². The molecule has 2 rings (SSSR count). The molecule has 0 atom stereocenters. The molecule has 1 fully saturated rings. The molecule has 0 aromatic carbocycles. The highest BCUT2D eigenvalue weighted by molar-refractivity contribution is 9.10. The van der Waals surface area contributed by atoms with E-state index in [0.717, 1.165) is 25.7 Å². The van der Waals surface area contributed by atoms with Gasteiger partial charge < -0.3 is 9.52 Å². The van der Waals surface area contributed by atoms with E-state index in [1.54, 1.807) is 11.8 Å². The SMILES string of the molecule is CSC1(CNS(=O)(=O)c2cc(CO)oc2Br)CCCCC1. The van der Waals surface area contributed by atoms with Crippen LogP contribution in [0.4, 0.5) is 0 Å². The first-order chi connectivity index (χ1) is 9.92. The highest BCUT2D eigenvalue weighted by Crippen LogP contribution is 2.38. The summed E-state index contributed by atoms with van der Waals surface area (Å²) in [4.78, 5) is 0.0404. The summed E-state index contributed by atoms with van der Waals surface area (Å²) in [6.45, 7) is 0.0887. The van der Waals surface area contributed by atoms with Crippen LogP contribution in [0.2, 0.25) is 0 Å². The molecule has 0 saturated heterocycles. The maximum Gasteiger partial charge on any atom is 0.245 e. The van der Waals surface area contributed by atoms with Gasteiger partial charge in [0.25, 0.3) is 0 Å². The van der Waals surface area contributed by atoms with E-state index >= 15 is 0 Å². The van der Waals surface area contributed by atoms with Gasteiger partial charge in [-0.2, -0.15) is 11.8 Å². The van der Waals surface area contributed by atoms with Crippen molar-refractivity contribution in [3.8, 4) is 0 Å². The average molecular weight is 398 g/mol. The van der Waals surface area contributed by atoms with Gasteiger partial charge in [-0.1, -0.05) is 19.3 Å². The zero-order valence-corrected chi connectivity index (χ0v) is 15.1. The summed E-state index contributed by atoms with van der Waals surface area (Å²) < 4.78 is 32.7. The van der Waals surface area contributed by atoms with Crippen molar-refractivity contribution in [2.24, 2.45) is 0 Å². The molecule has 0 aliphatic heterocycles. The van der Waals surface area contributed by atoms with E-state index in [-0.39, 0.29) is 26.7 Å². The van der Waals surface area contributed by atoms with Crippen LogP contribution >= 0.6 is 27.7 Å². The lowest BCUT2D eigenvalue weighted by Crippen LogP contribution is -2.41. The van der Waals surface area contributed by atoms with E-state index < -0.39 is 10.0 Å². The van der Waals surface area contributed by atoms with Gasteiger partial charge in [0.15, 0.2) is 4.67 Å². The van der Waals surface area contributed by atoms with E-state index in [9.17, 15) is 8.42 Å². The zero-order valence-electron chi connectivity index (χ0n) is 11.9. The Kier molecular flexibility index (Phi) is 5.81. The lowest BCUT2D eigenvalue weighted by atomic mass is 9.88. The Balaban J connectivity index is 2.11. The lowest BCUT2D eigenvalue weighted by molar-refractivity contribution is 0.245. The number of aliphatic hydroxyl groups is 1. The van der Waals surface area contributed by atoms with Crippen LogP contribution < -0.4 is 4.72 Å². The first kappa shape index (κ1) is 17.3. The Morgan fingerprint density at radius 3 is 2.62 bits per heavy atom. The van der Waals surface area contributed by atoms with Gasteiger partial charge in [0, 0.05) is 17.4 Å². The van der Waals surface area contributed by atoms with E-state index in [2.05, 4.69) is 20.7 Å². The number of sulfonamides is 1. The van der Waals surface area contributed by atoms with Crippen LogP contribution in [0.3, 0.4) is 0 Å². The van der Waals surface area contributed by atoms with Crippen LogP contribution in [-0.2, 0) is 16.6 Å². The fourth-order valence-electron chi connectivity index (χ4n) is 2.61. The van der Waals surface area contributed by atoms with Crippen LogP contribution in [-0.4, -0.2) is 31.1 Å². The Morgan fingerprint density at radius 2 is 2.10 bits per heavy atom. The van der Waals surface area contributed by atoms with Gasteiger partial charge >= 0.3 is 0 Å². The molecule has 0 amide bonds. The zero-order chi connectivity index (χ0) is 15.5. The molecular formula is C13H20BrNO4S2. The molecule has 0 spiro atoms. The van der Waals surface area contributed by atoms with Gasteiger partial charge in [0.05, 0.1) is 0 Å². The van der Waals surface area contributed by atoms with Crippen LogP contribution in [0.5, 0.6) is 0 Å². The summed E-state index contributed by atoms with van der Waals surface area (Å²) in [6, 6.07) is 1.35. The molecule has 0 radical (unpaired) electrons. The predicted molar refractivity (Wildman–Crippen MR) is 86.9 cm³/mol. The third-order valence-corrected chi connectivity index (χ3v) is 7.61. The summed E-state index contributed by atoms with van der Waals surface area (Å²) in [7, 11) is -3.64. The topological polar surface area (TPSA) is 79.5 Å². The van der Waals surface area contributed by atoms with Gasteiger partial charge in [-0.05, 0) is 35.0 Å². The molecule has 8 heteroatoms. The van der Waals surface area contributed by atoms with Gasteiger partial charge in [0.2, 0.25) is 10.0 Å². The summed E-state index contributed by atoms with van der Waals surface area (Å²) in [5.74, 6) is 0.222. The number of thioether (sulfide) groups is 1. The second-order valence-corrected chi connectivity index (χ2v) is 9.01. The number of nitrogens with one attached hydrogen (secondary N) is 1. The molecular weight excluding hydrogens is 378 g/mol.